The molecule has 1 aliphatic rings. The van der Waals surface area contributed by atoms with E-state index >= 15 is 0 Å². The minimum Gasteiger partial charge on any atom is -0.496 e. The van der Waals surface area contributed by atoms with Gasteiger partial charge in [-0.1, -0.05) is 0 Å². The van der Waals surface area contributed by atoms with E-state index in [1.54, 1.807) is 19.2 Å². The van der Waals surface area contributed by atoms with Gasteiger partial charge in [-0.15, -0.1) is 13.2 Å². The lowest BCUT2D eigenvalue weighted by Gasteiger charge is -2.45. The molecule has 2 aromatic heterocycles. The summed E-state index contributed by atoms with van der Waals surface area (Å²) in [7, 11) is 3.13. The number of piperazine rings is 1. The molecule has 11 heteroatoms. The SMILES string of the molecule is COc1ccc(OC(F)(F)F)cc1CN1C[C@H](C)N(c2cc(=O)n(C)c3ccc(C#N)nc23)C[C@H]1C. The number of methoxy groups -OCH3 is 1. The van der Waals surface area contributed by atoms with E-state index in [1.807, 2.05) is 19.9 Å². The van der Waals surface area contributed by atoms with Gasteiger partial charge in [0.05, 0.1) is 18.3 Å². The lowest BCUT2D eigenvalue weighted by atomic mass is 10.0. The topological polar surface area (TPSA) is 83.6 Å². The number of nitrogens with zero attached hydrogens (tertiary/aromatic N) is 5. The second-order valence-corrected chi connectivity index (χ2v) is 8.90. The average Bonchev–Trinajstić information content (AvgIpc) is 2.82. The van der Waals surface area contributed by atoms with E-state index < -0.39 is 6.36 Å². The molecule has 0 radical (unpaired) electrons. The number of fused-ring (bicyclic) bond motifs is 1. The number of pyridine rings is 2. The normalized spacial score (nSPS) is 18.8. The van der Waals surface area contributed by atoms with Crippen LogP contribution in [0.5, 0.6) is 11.5 Å². The fourth-order valence-corrected chi connectivity index (χ4v) is 4.64. The Bertz CT molecular complexity index is 1380. The molecule has 3 aromatic rings. The van der Waals surface area contributed by atoms with Crippen LogP contribution in [0.4, 0.5) is 18.9 Å². The summed E-state index contributed by atoms with van der Waals surface area (Å²) in [5, 5.41) is 9.33. The molecule has 0 unspecified atom stereocenters. The molecule has 190 valence electrons. The second-order valence-electron chi connectivity index (χ2n) is 8.90. The van der Waals surface area contributed by atoms with Crippen LogP contribution in [-0.4, -0.2) is 53.1 Å². The third kappa shape index (κ3) is 5.09. The first-order valence-electron chi connectivity index (χ1n) is 11.3. The summed E-state index contributed by atoms with van der Waals surface area (Å²) in [5.41, 5.74) is 2.51. The van der Waals surface area contributed by atoms with E-state index in [9.17, 15) is 23.2 Å². The summed E-state index contributed by atoms with van der Waals surface area (Å²) in [6.07, 6.45) is -4.78. The number of benzene rings is 1. The highest BCUT2D eigenvalue weighted by Crippen LogP contribution is 2.32. The number of rotatable bonds is 5. The summed E-state index contributed by atoms with van der Waals surface area (Å²) >= 11 is 0. The van der Waals surface area contributed by atoms with Gasteiger partial charge in [-0.3, -0.25) is 9.69 Å². The van der Waals surface area contributed by atoms with Crippen molar-refractivity contribution in [2.45, 2.75) is 38.8 Å². The Kier molecular flexibility index (Phi) is 6.82. The highest BCUT2D eigenvalue weighted by atomic mass is 19.4. The summed E-state index contributed by atoms with van der Waals surface area (Å²) in [6, 6.07) is 10.9. The van der Waals surface area contributed by atoms with Gasteiger partial charge >= 0.3 is 6.36 Å². The smallest absolute Gasteiger partial charge is 0.496 e. The van der Waals surface area contributed by atoms with Crippen molar-refractivity contribution >= 4 is 16.7 Å². The minimum absolute atomic E-state index is 0.0173. The van der Waals surface area contributed by atoms with Crippen molar-refractivity contribution < 1.29 is 22.6 Å². The molecular formula is C25H26F3N5O3. The quantitative estimate of drug-likeness (QED) is 0.526. The molecule has 0 aliphatic carbocycles. The number of hydrogen-bond donors (Lipinski definition) is 0. The first kappa shape index (κ1) is 25.3. The van der Waals surface area contributed by atoms with Crippen molar-refractivity contribution in [3.63, 3.8) is 0 Å². The van der Waals surface area contributed by atoms with Crippen LogP contribution >= 0.6 is 0 Å². The predicted octanol–water partition coefficient (Wildman–Crippen LogP) is 3.81. The molecule has 0 saturated carbocycles. The van der Waals surface area contributed by atoms with E-state index in [-0.39, 0.29) is 29.1 Å². The summed E-state index contributed by atoms with van der Waals surface area (Å²) in [5.74, 6) is 0.168. The molecule has 4 rings (SSSR count). The summed E-state index contributed by atoms with van der Waals surface area (Å²) < 4.78 is 49.1. The number of ether oxygens (including phenoxy) is 2. The van der Waals surface area contributed by atoms with Gasteiger partial charge in [0.1, 0.15) is 28.8 Å². The minimum atomic E-state index is -4.78. The molecule has 0 bridgehead atoms. The number of alkyl halides is 3. The van der Waals surface area contributed by atoms with E-state index in [2.05, 4.69) is 19.5 Å². The van der Waals surface area contributed by atoms with Gasteiger partial charge in [-0.25, -0.2) is 4.98 Å². The van der Waals surface area contributed by atoms with Crippen molar-refractivity contribution in [3.05, 3.63) is 58.0 Å². The highest BCUT2D eigenvalue weighted by Gasteiger charge is 2.33. The lowest BCUT2D eigenvalue weighted by molar-refractivity contribution is -0.274. The van der Waals surface area contributed by atoms with Crippen molar-refractivity contribution in [1.29, 1.82) is 5.26 Å². The number of halogens is 3. The second kappa shape index (κ2) is 9.70. The third-order valence-electron chi connectivity index (χ3n) is 6.47. The molecule has 1 fully saturated rings. The van der Waals surface area contributed by atoms with Crippen LogP contribution in [-0.2, 0) is 13.6 Å². The Balaban J connectivity index is 1.63. The van der Waals surface area contributed by atoms with Gasteiger partial charge in [-0.05, 0) is 44.2 Å². The van der Waals surface area contributed by atoms with Crippen LogP contribution in [0, 0.1) is 11.3 Å². The maximum absolute atomic E-state index is 12.7. The molecule has 3 heterocycles. The molecule has 0 N–H and O–H groups in total. The predicted molar refractivity (Wildman–Crippen MR) is 128 cm³/mol. The van der Waals surface area contributed by atoms with E-state index in [4.69, 9.17) is 4.74 Å². The van der Waals surface area contributed by atoms with Gasteiger partial charge in [0.2, 0.25) is 0 Å². The Hall–Kier alpha value is -3.78. The molecule has 0 amide bonds. The lowest BCUT2D eigenvalue weighted by Crippen LogP contribution is -2.56. The number of hydrogen-bond acceptors (Lipinski definition) is 7. The number of nitriles is 1. The maximum Gasteiger partial charge on any atom is 0.573 e. The van der Waals surface area contributed by atoms with Crippen LogP contribution in [0.1, 0.15) is 25.1 Å². The van der Waals surface area contributed by atoms with Crippen molar-refractivity contribution in [1.82, 2.24) is 14.5 Å². The zero-order valence-electron chi connectivity index (χ0n) is 20.3. The molecule has 1 aliphatic heterocycles. The van der Waals surface area contributed by atoms with E-state index in [0.29, 0.717) is 47.7 Å². The zero-order chi connectivity index (χ0) is 26.2. The molecule has 36 heavy (non-hydrogen) atoms. The number of anilines is 1. The highest BCUT2D eigenvalue weighted by molar-refractivity contribution is 5.89. The Morgan fingerprint density at radius 2 is 1.89 bits per heavy atom. The first-order valence-corrected chi connectivity index (χ1v) is 11.3. The molecular weight excluding hydrogens is 475 g/mol. The van der Waals surface area contributed by atoms with Crippen molar-refractivity contribution in [3.8, 4) is 17.6 Å². The van der Waals surface area contributed by atoms with E-state index in [1.165, 1.54) is 35.9 Å². The van der Waals surface area contributed by atoms with E-state index in [0.717, 1.165) is 0 Å². The summed E-state index contributed by atoms with van der Waals surface area (Å²) in [4.78, 5) is 21.4. The zero-order valence-corrected chi connectivity index (χ0v) is 20.3. The Morgan fingerprint density at radius 1 is 1.14 bits per heavy atom. The van der Waals surface area contributed by atoms with Crippen LogP contribution in [0.2, 0.25) is 0 Å². The van der Waals surface area contributed by atoms with Gasteiger partial charge in [-0.2, -0.15) is 5.26 Å². The average molecular weight is 502 g/mol. The fraction of sp³-hybridized carbons (Fsp3) is 0.400. The number of aromatic nitrogens is 2. The van der Waals surface area contributed by atoms with Gasteiger partial charge in [0, 0.05) is 50.4 Å². The van der Waals surface area contributed by atoms with Gasteiger partial charge in [0.15, 0.2) is 0 Å². The Labute approximate surface area is 206 Å². The van der Waals surface area contributed by atoms with Gasteiger partial charge < -0.3 is 18.9 Å². The molecule has 1 aromatic carbocycles. The standard InChI is InChI=1S/C25H26F3N5O3/c1-15-13-33(21-10-23(34)31(3)20-7-5-18(11-29)30-24(20)21)16(2)12-32(15)14-17-9-19(36-25(26,27)28)6-8-22(17)35-4/h5-10,15-16H,12-14H2,1-4H3/t15-,16+/m1/s1. The first-order chi connectivity index (χ1) is 17.0. The van der Waals surface area contributed by atoms with Crippen LogP contribution in [0.25, 0.3) is 11.0 Å². The molecule has 0 spiro atoms. The fourth-order valence-electron chi connectivity index (χ4n) is 4.64. The molecule has 2 atom stereocenters. The molecule has 8 nitrogen and oxygen atoms in total. The number of aryl methyl sites for hydroxylation is 1. The van der Waals surface area contributed by atoms with Gasteiger partial charge in [0.25, 0.3) is 5.56 Å². The largest absolute Gasteiger partial charge is 0.573 e. The van der Waals surface area contributed by atoms with Crippen LogP contribution in [0.15, 0.2) is 41.2 Å². The van der Waals surface area contributed by atoms with Crippen molar-refractivity contribution in [2.75, 3.05) is 25.1 Å². The summed E-state index contributed by atoms with van der Waals surface area (Å²) in [6.45, 7) is 5.49. The Morgan fingerprint density at radius 3 is 2.56 bits per heavy atom. The monoisotopic (exact) mass is 501 g/mol. The van der Waals surface area contributed by atoms with Crippen LogP contribution in [0.3, 0.4) is 0 Å². The van der Waals surface area contributed by atoms with Crippen LogP contribution < -0.4 is 19.9 Å². The molecule has 1 saturated heterocycles. The van der Waals surface area contributed by atoms with Crippen molar-refractivity contribution in [2.24, 2.45) is 7.05 Å². The third-order valence-corrected chi connectivity index (χ3v) is 6.47. The maximum atomic E-state index is 12.7.